The highest BCUT2D eigenvalue weighted by Crippen LogP contribution is 2.17. The minimum absolute atomic E-state index is 0.134. The number of hydrogen-bond acceptors (Lipinski definition) is 3. The van der Waals surface area contributed by atoms with E-state index in [4.69, 9.17) is 5.73 Å². The van der Waals surface area contributed by atoms with Crippen LogP contribution in [0.3, 0.4) is 0 Å². The van der Waals surface area contributed by atoms with Gasteiger partial charge in [-0.2, -0.15) is 0 Å². The molecule has 0 saturated carbocycles. The predicted octanol–water partition coefficient (Wildman–Crippen LogP) is 2.21. The molecule has 0 aliphatic rings. The molecular weight excluding hydrogens is 236 g/mol. The summed E-state index contributed by atoms with van der Waals surface area (Å²) >= 11 is 0. The van der Waals surface area contributed by atoms with Crippen LogP contribution in [-0.4, -0.2) is 14.5 Å². The molecule has 0 fully saturated rings. The maximum Gasteiger partial charge on any atom is 0.110 e. The highest BCUT2D eigenvalue weighted by atomic mass is 15.0. The Kier molecular flexibility index (Phi) is 3.01. The fourth-order valence-electron chi connectivity index (χ4n) is 2.18. The SMILES string of the molecule is Cn1ccnc1CC(N)c1ccc2ccccc2n1. The molecule has 1 aromatic carbocycles. The summed E-state index contributed by atoms with van der Waals surface area (Å²) in [7, 11) is 1.98. The van der Waals surface area contributed by atoms with Crippen LogP contribution in [0.2, 0.25) is 0 Å². The molecule has 2 aromatic heterocycles. The lowest BCUT2D eigenvalue weighted by Crippen LogP contribution is -2.17. The minimum atomic E-state index is -0.134. The Balaban J connectivity index is 1.89. The molecule has 0 radical (unpaired) electrons. The minimum Gasteiger partial charge on any atom is -0.338 e. The van der Waals surface area contributed by atoms with Crippen molar-refractivity contribution in [2.75, 3.05) is 0 Å². The van der Waals surface area contributed by atoms with Gasteiger partial charge in [0.15, 0.2) is 0 Å². The van der Waals surface area contributed by atoms with Crippen molar-refractivity contribution in [3.05, 3.63) is 60.3 Å². The summed E-state index contributed by atoms with van der Waals surface area (Å²) in [6.07, 6.45) is 4.40. The fourth-order valence-corrected chi connectivity index (χ4v) is 2.18. The first kappa shape index (κ1) is 11.9. The molecule has 4 heteroatoms. The fraction of sp³-hybridized carbons (Fsp3) is 0.200. The van der Waals surface area contributed by atoms with E-state index in [1.54, 1.807) is 6.20 Å². The molecule has 19 heavy (non-hydrogen) atoms. The molecule has 0 aliphatic carbocycles. The number of para-hydroxylation sites is 1. The standard InChI is InChI=1S/C15H16N4/c1-19-9-8-17-15(19)10-12(16)14-7-6-11-4-2-3-5-13(11)18-14/h2-9,12H,10,16H2,1H3. The van der Waals surface area contributed by atoms with Crippen LogP contribution in [0.4, 0.5) is 0 Å². The Morgan fingerprint density at radius 2 is 2.05 bits per heavy atom. The number of imidazole rings is 1. The van der Waals surface area contributed by atoms with E-state index in [1.807, 2.05) is 42.1 Å². The van der Waals surface area contributed by atoms with Crippen molar-refractivity contribution >= 4 is 10.9 Å². The monoisotopic (exact) mass is 252 g/mol. The highest BCUT2D eigenvalue weighted by Gasteiger charge is 2.11. The number of rotatable bonds is 3. The second-order valence-corrected chi connectivity index (χ2v) is 4.69. The largest absolute Gasteiger partial charge is 0.338 e. The van der Waals surface area contributed by atoms with Crippen LogP contribution in [0, 0.1) is 0 Å². The Bertz CT molecular complexity index is 702. The van der Waals surface area contributed by atoms with Gasteiger partial charge in [0.25, 0.3) is 0 Å². The predicted molar refractivity (Wildman–Crippen MR) is 75.6 cm³/mol. The van der Waals surface area contributed by atoms with E-state index in [9.17, 15) is 0 Å². The zero-order chi connectivity index (χ0) is 13.2. The van der Waals surface area contributed by atoms with Gasteiger partial charge in [0, 0.05) is 31.2 Å². The van der Waals surface area contributed by atoms with Crippen LogP contribution < -0.4 is 5.73 Å². The maximum absolute atomic E-state index is 6.23. The van der Waals surface area contributed by atoms with Gasteiger partial charge in [0.2, 0.25) is 0 Å². The van der Waals surface area contributed by atoms with Crippen molar-refractivity contribution in [1.29, 1.82) is 0 Å². The van der Waals surface area contributed by atoms with Gasteiger partial charge < -0.3 is 10.3 Å². The van der Waals surface area contributed by atoms with E-state index in [2.05, 4.69) is 22.1 Å². The van der Waals surface area contributed by atoms with Crippen molar-refractivity contribution in [3.8, 4) is 0 Å². The van der Waals surface area contributed by atoms with E-state index in [-0.39, 0.29) is 6.04 Å². The third-order valence-electron chi connectivity index (χ3n) is 3.32. The van der Waals surface area contributed by atoms with Crippen LogP contribution in [0.5, 0.6) is 0 Å². The summed E-state index contributed by atoms with van der Waals surface area (Å²) in [4.78, 5) is 8.92. The van der Waals surface area contributed by atoms with Crippen LogP contribution in [0.1, 0.15) is 17.6 Å². The quantitative estimate of drug-likeness (QED) is 0.777. The summed E-state index contributed by atoms with van der Waals surface area (Å²) in [5, 5.41) is 1.13. The van der Waals surface area contributed by atoms with Crippen molar-refractivity contribution < 1.29 is 0 Å². The third-order valence-corrected chi connectivity index (χ3v) is 3.32. The molecule has 3 rings (SSSR count). The first-order valence-corrected chi connectivity index (χ1v) is 6.31. The summed E-state index contributed by atoms with van der Waals surface area (Å²) < 4.78 is 1.99. The molecule has 4 nitrogen and oxygen atoms in total. The van der Waals surface area contributed by atoms with Gasteiger partial charge in [-0.25, -0.2) is 4.98 Å². The second-order valence-electron chi connectivity index (χ2n) is 4.69. The van der Waals surface area contributed by atoms with E-state index in [0.29, 0.717) is 6.42 Å². The van der Waals surface area contributed by atoms with E-state index >= 15 is 0 Å². The maximum atomic E-state index is 6.23. The molecule has 2 heterocycles. The van der Waals surface area contributed by atoms with E-state index < -0.39 is 0 Å². The van der Waals surface area contributed by atoms with Gasteiger partial charge in [-0.3, -0.25) is 4.98 Å². The number of nitrogens with zero attached hydrogens (tertiary/aromatic N) is 3. The molecule has 0 amide bonds. The summed E-state index contributed by atoms with van der Waals surface area (Å²) in [6.45, 7) is 0. The molecule has 1 atom stereocenters. The van der Waals surface area contributed by atoms with Gasteiger partial charge >= 0.3 is 0 Å². The van der Waals surface area contributed by atoms with Crippen molar-refractivity contribution in [2.24, 2.45) is 12.8 Å². The van der Waals surface area contributed by atoms with E-state index in [0.717, 1.165) is 22.4 Å². The molecule has 2 N–H and O–H groups in total. The topological polar surface area (TPSA) is 56.7 Å². The molecule has 0 bridgehead atoms. The number of hydrogen-bond donors (Lipinski definition) is 1. The lowest BCUT2D eigenvalue weighted by Gasteiger charge is -2.11. The van der Waals surface area contributed by atoms with Crippen molar-refractivity contribution in [3.63, 3.8) is 0 Å². The summed E-state index contributed by atoms with van der Waals surface area (Å²) in [6, 6.07) is 12.0. The van der Waals surface area contributed by atoms with Gasteiger partial charge in [0.05, 0.1) is 17.3 Å². The van der Waals surface area contributed by atoms with Crippen molar-refractivity contribution in [2.45, 2.75) is 12.5 Å². The molecule has 3 aromatic rings. The van der Waals surface area contributed by atoms with Gasteiger partial charge in [-0.15, -0.1) is 0 Å². The van der Waals surface area contributed by atoms with Crippen LogP contribution >= 0.6 is 0 Å². The average Bonchev–Trinajstić information content (AvgIpc) is 2.84. The Labute approximate surface area is 111 Å². The van der Waals surface area contributed by atoms with Gasteiger partial charge in [-0.05, 0) is 12.1 Å². The number of benzene rings is 1. The molecule has 0 aliphatic heterocycles. The molecule has 1 unspecified atom stereocenters. The second kappa shape index (κ2) is 4.82. The summed E-state index contributed by atoms with van der Waals surface area (Å²) in [5.74, 6) is 0.974. The van der Waals surface area contributed by atoms with Crippen molar-refractivity contribution in [1.82, 2.24) is 14.5 Å². The first-order valence-electron chi connectivity index (χ1n) is 6.31. The van der Waals surface area contributed by atoms with Crippen LogP contribution in [-0.2, 0) is 13.5 Å². The molecular formula is C15H16N4. The molecule has 96 valence electrons. The Hall–Kier alpha value is -2.20. The number of nitrogens with two attached hydrogens (primary N) is 1. The highest BCUT2D eigenvalue weighted by molar-refractivity contribution is 5.78. The zero-order valence-corrected chi connectivity index (χ0v) is 10.8. The number of fused-ring (bicyclic) bond motifs is 1. The smallest absolute Gasteiger partial charge is 0.110 e. The number of pyridine rings is 1. The van der Waals surface area contributed by atoms with Crippen LogP contribution in [0.15, 0.2) is 48.8 Å². The third kappa shape index (κ3) is 2.35. The lowest BCUT2D eigenvalue weighted by molar-refractivity contribution is 0.646. The van der Waals surface area contributed by atoms with E-state index in [1.165, 1.54) is 0 Å². The normalized spacial score (nSPS) is 12.7. The first-order chi connectivity index (χ1) is 9.24. The van der Waals surface area contributed by atoms with Gasteiger partial charge in [-0.1, -0.05) is 24.3 Å². The molecule has 0 saturated heterocycles. The lowest BCUT2D eigenvalue weighted by atomic mass is 10.1. The Morgan fingerprint density at radius 3 is 2.84 bits per heavy atom. The average molecular weight is 252 g/mol. The number of aromatic nitrogens is 3. The zero-order valence-electron chi connectivity index (χ0n) is 10.8. The van der Waals surface area contributed by atoms with Crippen LogP contribution in [0.25, 0.3) is 10.9 Å². The van der Waals surface area contributed by atoms with Gasteiger partial charge in [0.1, 0.15) is 5.82 Å². The number of aryl methyl sites for hydroxylation is 1. The summed E-state index contributed by atoms with van der Waals surface area (Å²) in [5.41, 5.74) is 8.12. The molecule has 0 spiro atoms. The Morgan fingerprint density at radius 1 is 1.21 bits per heavy atom.